The van der Waals surface area contributed by atoms with Crippen molar-refractivity contribution in [2.24, 2.45) is 0 Å². The van der Waals surface area contributed by atoms with Gasteiger partial charge in [0.2, 0.25) is 10.0 Å². The summed E-state index contributed by atoms with van der Waals surface area (Å²) in [6, 6.07) is 3.03. The number of benzene rings is 1. The average Bonchev–Trinajstić information content (AvgIpc) is 2.36. The van der Waals surface area contributed by atoms with E-state index < -0.39 is 38.8 Å². The third-order valence-electron chi connectivity index (χ3n) is 3.47. The van der Waals surface area contributed by atoms with Gasteiger partial charge in [-0.05, 0) is 38.5 Å². The van der Waals surface area contributed by atoms with Crippen LogP contribution in [0.25, 0.3) is 0 Å². The molecule has 0 aliphatic carbocycles. The Balaban J connectivity index is 3.48. The second-order valence-electron chi connectivity index (χ2n) is 5.37. The summed E-state index contributed by atoms with van der Waals surface area (Å²) in [6.45, 7) is 3.62. The Morgan fingerprint density at radius 3 is 2.19 bits per heavy atom. The second kappa shape index (κ2) is 5.58. The van der Waals surface area contributed by atoms with E-state index in [-0.39, 0.29) is 5.56 Å². The number of sulfonamides is 1. The molecule has 0 amide bonds. The molecule has 0 radical (unpaired) electrons. The molecule has 1 rings (SSSR count). The Kier molecular flexibility index (Phi) is 4.77. The van der Waals surface area contributed by atoms with Crippen LogP contribution in [-0.2, 0) is 16.2 Å². The number of hydrogen-bond acceptors (Lipinski definition) is 3. The molecule has 0 aliphatic rings. The van der Waals surface area contributed by atoms with Crippen molar-refractivity contribution in [3.8, 4) is 0 Å². The van der Waals surface area contributed by atoms with Crippen molar-refractivity contribution in [1.29, 1.82) is 0 Å². The molecular weight excluding hydrogens is 307 g/mol. The number of alkyl halides is 3. The Labute approximate surface area is 122 Å². The predicted molar refractivity (Wildman–Crippen MR) is 72.3 cm³/mol. The van der Waals surface area contributed by atoms with Crippen LogP contribution in [0.5, 0.6) is 0 Å². The SMILES string of the molecule is Cc1c(C(F)(F)F)cccc1S(=O)(=O)N(C)C(C)(C)CO. The van der Waals surface area contributed by atoms with Gasteiger partial charge in [-0.15, -0.1) is 0 Å². The summed E-state index contributed by atoms with van der Waals surface area (Å²) in [4.78, 5) is -0.415. The van der Waals surface area contributed by atoms with E-state index in [1.165, 1.54) is 20.9 Å². The summed E-state index contributed by atoms with van der Waals surface area (Å²) in [5, 5.41) is 9.24. The van der Waals surface area contributed by atoms with Crippen molar-refractivity contribution in [1.82, 2.24) is 4.31 Å². The zero-order valence-electron chi connectivity index (χ0n) is 12.2. The summed E-state index contributed by atoms with van der Waals surface area (Å²) < 4.78 is 64.5. The lowest BCUT2D eigenvalue weighted by Gasteiger charge is -2.33. The summed E-state index contributed by atoms with van der Waals surface area (Å²) in [5.74, 6) is 0. The molecule has 1 aromatic carbocycles. The van der Waals surface area contributed by atoms with Gasteiger partial charge in [0.1, 0.15) is 0 Å². The minimum atomic E-state index is -4.62. The Morgan fingerprint density at radius 2 is 1.76 bits per heavy atom. The molecule has 1 aromatic rings. The normalized spacial score (nSPS) is 13.8. The largest absolute Gasteiger partial charge is 0.416 e. The first kappa shape index (κ1) is 17.9. The van der Waals surface area contributed by atoms with Gasteiger partial charge in [0, 0.05) is 7.05 Å². The lowest BCUT2D eigenvalue weighted by Crippen LogP contribution is -2.47. The fourth-order valence-electron chi connectivity index (χ4n) is 1.77. The van der Waals surface area contributed by atoms with E-state index in [1.807, 2.05) is 0 Å². The van der Waals surface area contributed by atoms with Crippen molar-refractivity contribution in [2.45, 2.75) is 37.4 Å². The number of hydrogen-bond donors (Lipinski definition) is 1. The van der Waals surface area contributed by atoms with Crippen LogP contribution >= 0.6 is 0 Å². The number of likely N-dealkylation sites (N-methyl/N-ethyl adjacent to an activating group) is 1. The van der Waals surface area contributed by atoms with Crippen LogP contribution in [0.15, 0.2) is 23.1 Å². The summed E-state index contributed by atoms with van der Waals surface area (Å²) >= 11 is 0. The van der Waals surface area contributed by atoms with Gasteiger partial charge in [-0.2, -0.15) is 17.5 Å². The van der Waals surface area contributed by atoms with Crippen LogP contribution in [0.4, 0.5) is 13.2 Å². The highest BCUT2D eigenvalue weighted by Crippen LogP contribution is 2.35. The third-order valence-corrected chi connectivity index (χ3v) is 5.68. The molecule has 0 atom stereocenters. The van der Waals surface area contributed by atoms with E-state index in [4.69, 9.17) is 0 Å². The second-order valence-corrected chi connectivity index (χ2v) is 7.31. The molecule has 0 bridgehead atoms. The van der Waals surface area contributed by atoms with Crippen molar-refractivity contribution in [2.75, 3.05) is 13.7 Å². The van der Waals surface area contributed by atoms with E-state index in [0.717, 1.165) is 29.4 Å². The average molecular weight is 325 g/mol. The number of nitrogens with zero attached hydrogens (tertiary/aromatic N) is 1. The lowest BCUT2D eigenvalue weighted by molar-refractivity contribution is -0.138. The lowest BCUT2D eigenvalue weighted by atomic mass is 10.1. The molecule has 21 heavy (non-hydrogen) atoms. The molecule has 1 N–H and O–H groups in total. The van der Waals surface area contributed by atoms with Gasteiger partial charge in [0.05, 0.1) is 22.6 Å². The van der Waals surface area contributed by atoms with E-state index >= 15 is 0 Å². The highest BCUT2D eigenvalue weighted by molar-refractivity contribution is 7.89. The fraction of sp³-hybridized carbons (Fsp3) is 0.538. The zero-order chi connectivity index (χ0) is 16.6. The number of aliphatic hydroxyl groups is 1. The molecule has 0 aliphatic heterocycles. The molecule has 120 valence electrons. The molecule has 0 saturated carbocycles. The fourth-order valence-corrected chi connectivity index (χ4v) is 3.52. The van der Waals surface area contributed by atoms with Crippen LogP contribution in [0.3, 0.4) is 0 Å². The minimum absolute atomic E-state index is 0.356. The van der Waals surface area contributed by atoms with Crippen molar-refractivity contribution < 1.29 is 26.7 Å². The molecule has 8 heteroatoms. The predicted octanol–water partition coefficient (Wildman–Crippen LogP) is 2.41. The van der Waals surface area contributed by atoms with E-state index in [0.29, 0.717) is 0 Å². The maximum atomic E-state index is 12.9. The zero-order valence-corrected chi connectivity index (χ0v) is 13.0. The van der Waals surface area contributed by atoms with Crippen molar-refractivity contribution in [3.63, 3.8) is 0 Å². The van der Waals surface area contributed by atoms with Gasteiger partial charge >= 0.3 is 6.18 Å². The molecule has 0 fully saturated rings. The smallest absolute Gasteiger partial charge is 0.394 e. The van der Waals surface area contributed by atoms with E-state index in [9.17, 15) is 26.7 Å². The van der Waals surface area contributed by atoms with Crippen LogP contribution < -0.4 is 0 Å². The van der Waals surface area contributed by atoms with Gasteiger partial charge in [-0.3, -0.25) is 0 Å². The van der Waals surface area contributed by atoms with Gasteiger partial charge in [0.15, 0.2) is 0 Å². The molecule has 0 spiro atoms. The van der Waals surface area contributed by atoms with Gasteiger partial charge in [-0.1, -0.05) is 6.07 Å². The van der Waals surface area contributed by atoms with Crippen LogP contribution in [0.1, 0.15) is 25.0 Å². The van der Waals surface area contributed by atoms with E-state index in [1.54, 1.807) is 0 Å². The molecule has 0 unspecified atom stereocenters. The quantitative estimate of drug-likeness (QED) is 0.925. The first-order chi connectivity index (χ1) is 9.35. The number of rotatable bonds is 4. The van der Waals surface area contributed by atoms with Crippen LogP contribution in [0.2, 0.25) is 0 Å². The summed E-state index contributed by atoms with van der Waals surface area (Å²) in [6.07, 6.45) is -4.62. The Bertz CT molecular complexity index is 624. The molecule has 0 saturated heterocycles. The van der Waals surface area contributed by atoms with Crippen LogP contribution in [0, 0.1) is 6.92 Å². The Morgan fingerprint density at radius 1 is 1.24 bits per heavy atom. The number of aliphatic hydroxyl groups excluding tert-OH is 1. The molecule has 0 aromatic heterocycles. The molecule has 4 nitrogen and oxygen atoms in total. The van der Waals surface area contributed by atoms with Crippen molar-refractivity contribution in [3.05, 3.63) is 29.3 Å². The summed E-state index contributed by atoms with van der Waals surface area (Å²) in [5.41, 5.74) is -2.47. The summed E-state index contributed by atoms with van der Waals surface area (Å²) in [7, 11) is -2.92. The first-order valence-corrected chi connectivity index (χ1v) is 7.56. The van der Waals surface area contributed by atoms with Crippen LogP contribution in [-0.4, -0.2) is 37.0 Å². The number of halogens is 3. The van der Waals surface area contributed by atoms with E-state index in [2.05, 4.69) is 0 Å². The molecule has 0 heterocycles. The highest BCUT2D eigenvalue weighted by Gasteiger charge is 2.38. The monoisotopic (exact) mass is 325 g/mol. The molecular formula is C13H18F3NO3S. The topological polar surface area (TPSA) is 57.6 Å². The third kappa shape index (κ3) is 3.38. The maximum Gasteiger partial charge on any atom is 0.416 e. The van der Waals surface area contributed by atoms with Crippen molar-refractivity contribution >= 4 is 10.0 Å². The minimum Gasteiger partial charge on any atom is -0.394 e. The maximum absolute atomic E-state index is 12.9. The van der Waals surface area contributed by atoms with Gasteiger partial charge < -0.3 is 5.11 Å². The van der Waals surface area contributed by atoms with Gasteiger partial charge in [-0.25, -0.2) is 8.42 Å². The standard InChI is InChI=1S/C13H18F3NO3S/c1-9-10(13(14,15)16)6-5-7-11(9)21(19,20)17(4)12(2,3)8-18/h5-7,18H,8H2,1-4H3. The van der Waals surface area contributed by atoms with Gasteiger partial charge in [0.25, 0.3) is 0 Å². The highest BCUT2D eigenvalue weighted by atomic mass is 32.2. The Hall–Kier alpha value is -1.12. The first-order valence-electron chi connectivity index (χ1n) is 6.12.